The first kappa shape index (κ1) is 36.4. The molecule has 0 atom stereocenters. The Balaban J connectivity index is 1.87. The zero-order valence-corrected chi connectivity index (χ0v) is 29.9. The van der Waals surface area contributed by atoms with Crippen molar-refractivity contribution in [1.82, 2.24) is 10.0 Å². The van der Waals surface area contributed by atoms with Crippen molar-refractivity contribution in [1.29, 1.82) is 0 Å². The van der Waals surface area contributed by atoms with Crippen molar-refractivity contribution in [3.05, 3.63) is 108 Å². The fourth-order valence-electron chi connectivity index (χ4n) is 5.67. The number of hydrogen-bond acceptors (Lipinski definition) is 9. The Kier molecular flexibility index (Phi) is 12.7. The molecule has 0 saturated heterocycles. The topological polar surface area (TPSA) is 80.7 Å². The van der Waals surface area contributed by atoms with Gasteiger partial charge in [0.2, 0.25) is 0 Å². The lowest BCUT2D eigenvalue weighted by molar-refractivity contribution is -0.0639. The zero-order chi connectivity index (χ0) is 35.5. The molecule has 0 saturated carbocycles. The molecular formula is C40H46N2O7. The van der Waals surface area contributed by atoms with Crippen LogP contribution in [0.1, 0.15) is 29.2 Å². The van der Waals surface area contributed by atoms with Gasteiger partial charge in [-0.15, -0.1) is 0 Å². The highest BCUT2D eigenvalue weighted by Crippen LogP contribution is 2.42. The van der Waals surface area contributed by atoms with Gasteiger partial charge in [0.15, 0.2) is 0 Å². The van der Waals surface area contributed by atoms with Crippen LogP contribution in [-0.4, -0.2) is 66.9 Å². The second-order valence-electron chi connectivity index (χ2n) is 11.0. The van der Waals surface area contributed by atoms with Gasteiger partial charge in [-0.2, -0.15) is 0 Å². The molecule has 4 aromatic rings. The molecule has 1 heterocycles. The summed E-state index contributed by atoms with van der Waals surface area (Å²) in [5.74, 6) is 4.10. The van der Waals surface area contributed by atoms with Crippen LogP contribution in [0.25, 0.3) is 27.8 Å². The molecule has 0 aliphatic carbocycles. The summed E-state index contributed by atoms with van der Waals surface area (Å²) in [6.45, 7) is 6.02. The van der Waals surface area contributed by atoms with Gasteiger partial charge in [0.25, 0.3) is 0 Å². The molecule has 0 bridgehead atoms. The average Bonchev–Trinajstić information content (AvgIpc) is 3.15. The number of nitrogens with zero attached hydrogens (tertiary/aromatic N) is 2. The fourth-order valence-corrected chi connectivity index (χ4v) is 5.67. The zero-order valence-electron chi connectivity index (χ0n) is 29.9. The molecular weight excluding hydrogens is 620 g/mol. The number of aromatic nitrogens is 1. The van der Waals surface area contributed by atoms with E-state index in [0.717, 1.165) is 62.3 Å². The molecule has 0 radical (unpaired) electrons. The summed E-state index contributed by atoms with van der Waals surface area (Å²) in [6.07, 6.45) is 12.6. The molecule has 3 aromatic carbocycles. The molecule has 0 spiro atoms. The van der Waals surface area contributed by atoms with Crippen LogP contribution in [0.15, 0.2) is 85.9 Å². The molecule has 1 aromatic heterocycles. The van der Waals surface area contributed by atoms with E-state index < -0.39 is 0 Å². The van der Waals surface area contributed by atoms with Gasteiger partial charge in [-0.05, 0) is 54.3 Å². The first-order chi connectivity index (χ1) is 23.8. The number of hydrogen-bond donors (Lipinski definition) is 0. The van der Waals surface area contributed by atoms with E-state index in [2.05, 4.69) is 35.8 Å². The maximum absolute atomic E-state index is 5.89. The van der Waals surface area contributed by atoms with E-state index in [1.807, 2.05) is 55.9 Å². The predicted molar refractivity (Wildman–Crippen MR) is 195 cm³/mol. The van der Waals surface area contributed by atoms with Gasteiger partial charge in [-0.25, -0.2) is 0 Å². The van der Waals surface area contributed by atoms with E-state index in [0.29, 0.717) is 35.2 Å². The van der Waals surface area contributed by atoms with Crippen LogP contribution < -0.4 is 28.4 Å². The second kappa shape index (κ2) is 17.1. The van der Waals surface area contributed by atoms with Crippen molar-refractivity contribution in [2.24, 2.45) is 0 Å². The van der Waals surface area contributed by atoms with Crippen molar-refractivity contribution in [2.75, 3.05) is 56.8 Å². The normalized spacial score (nSPS) is 11.3. The lowest BCUT2D eigenvalue weighted by atomic mass is 9.93. The largest absolute Gasteiger partial charge is 0.496 e. The summed E-state index contributed by atoms with van der Waals surface area (Å²) in [6, 6.07) is 14.0. The van der Waals surface area contributed by atoms with Crippen molar-refractivity contribution in [3.8, 4) is 56.8 Å². The highest BCUT2D eigenvalue weighted by Gasteiger charge is 2.20. The van der Waals surface area contributed by atoms with E-state index in [-0.39, 0.29) is 0 Å². The van der Waals surface area contributed by atoms with E-state index in [1.54, 1.807) is 68.0 Å². The van der Waals surface area contributed by atoms with Crippen LogP contribution in [-0.2, 0) is 17.7 Å². The van der Waals surface area contributed by atoms with Gasteiger partial charge >= 0.3 is 0 Å². The van der Waals surface area contributed by atoms with Gasteiger partial charge in [0.1, 0.15) is 34.5 Å². The SMILES string of the molecule is C=C/C(=C\N(C)OC)c1cc(Cc2cc(-c3cncc(-c4cc(C/C=C/C)c(OC)cc4OC)c3)c(OC)cc2OC)c(OC)cc1OC. The Morgan fingerprint density at radius 2 is 1.14 bits per heavy atom. The Morgan fingerprint density at radius 3 is 1.63 bits per heavy atom. The number of hydroxylamine groups is 2. The summed E-state index contributed by atoms with van der Waals surface area (Å²) in [7, 11) is 13.3. The third-order valence-electron chi connectivity index (χ3n) is 8.26. The minimum absolute atomic E-state index is 0.485. The number of rotatable bonds is 16. The van der Waals surface area contributed by atoms with Gasteiger partial charge in [0.05, 0.1) is 49.8 Å². The van der Waals surface area contributed by atoms with Crippen molar-refractivity contribution < 1.29 is 33.3 Å². The number of benzene rings is 3. The molecule has 0 fully saturated rings. The van der Waals surface area contributed by atoms with E-state index in [9.17, 15) is 0 Å². The monoisotopic (exact) mass is 666 g/mol. The number of ether oxygens (including phenoxy) is 6. The van der Waals surface area contributed by atoms with E-state index in [1.165, 1.54) is 0 Å². The average molecular weight is 667 g/mol. The van der Waals surface area contributed by atoms with Crippen molar-refractivity contribution >= 4 is 5.57 Å². The van der Waals surface area contributed by atoms with E-state index in [4.69, 9.17) is 33.3 Å². The minimum atomic E-state index is 0.485. The van der Waals surface area contributed by atoms with Gasteiger partial charge in [-0.1, -0.05) is 24.8 Å². The number of pyridine rings is 1. The molecule has 258 valence electrons. The predicted octanol–water partition coefficient (Wildman–Crippen LogP) is 8.20. The summed E-state index contributed by atoms with van der Waals surface area (Å²) >= 11 is 0. The Bertz CT molecular complexity index is 1830. The maximum Gasteiger partial charge on any atom is 0.130 e. The summed E-state index contributed by atoms with van der Waals surface area (Å²) in [5.41, 5.74) is 8.07. The Labute approximate surface area is 289 Å². The van der Waals surface area contributed by atoms with Crippen LogP contribution in [0.2, 0.25) is 0 Å². The quantitative estimate of drug-likeness (QED) is 0.0668. The molecule has 0 aliphatic heterocycles. The molecule has 4 rings (SSSR count). The standard InChI is InChI=1S/C40H46N2O7/c1-11-13-14-27-17-33(39(47-8)20-35(27)43-4)30-16-31(24-41-23-30)34-19-29(37(45-6)22-40(34)48-9)15-28-18-32(26(12-2)25-42(3)49-10)38(46-7)21-36(28)44-5/h11-13,16-25H,2,14-15H2,1,3-10H3/b13-11+,26-25+. The summed E-state index contributed by atoms with van der Waals surface area (Å²) < 4.78 is 34.8. The Morgan fingerprint density at radius 1 is 0.653 bits per heavy atom. The first-order valence-corrected chi connectivity index (χ1v) is 15.7. The summed E-state index contributed by atoms with van der Waals surface area (Å²) in [4.78, 5) is 9.98. The van der Waals surface area contributed by atoms with Gasteiger partial charge < -0.3 is 28.4 Å². The van der Waals surface area contributed by atoms with Crippen LogP contribution in [0.5, 0.6) is 34.5 Å². The van der Waals surface area contributed by atoms with Crippen LogP contribution in [0.3, 0.4) is 0 Å². The molecule has 0 N–H and O–H groups in total. The third kappa shape index (κ3) is 8.18. The Hall–Kier alpha value is -5.41. The van der Waals surface area contributed by atoms with Gasteiger partial charge in [-0.3, -0.25) is 14.9 Å². The van der Waals surface area contributed by atoms with Crippen molar-refractivity contribution in [3.63, 3.8) is 0 Å². The molecule has 49 heavy (non-hydrogen) atoms. The molecule has 0 aliphatic rings. The highest BCUT2D eigenvalue weighted by molar-refractivity contribution is 5.81. The number of allylic oxidation sites excluding steroid dienone is 4. The minimum Gasteiger partial charge on any atom is -0.496 e. The second-order valence-corrected chi connectivity index (χ2v) is 11.0. The summed E-state index contributed by atoms with van der Waals surface area (Å²) in [5, 5.41) is 1.60. The molecule has 9 heteroatoms. The van der Waals surface area contributed by atoms with Crippen molar-refractivity contribution in [2.45, 2.75) is 19.8 Å². The fraction of sp³-hybridized carbons (Fsp3) is 0.275. The highest BCUT2D eigenvalue weighted by atomic mass is 16.7. The number of methoxy groups -OCH3 is 6. The first-order valence-electron chi connectivity index (χ1n) is 15.7. The lowest BCUT2D eigenvalue weighted by Gasteiger charge is -2.19. The molecule has 0 amide bonds. The smallest absolute Gasteiger partial charge is 0.130 e. The van der Waals surface area contributed by atoms with E-state index >= 15 is 0 Å². The molecule has 9 nitrogen and oxygen atoms in total. The molecule has 0 unspecified atom stereocenters. The maximum atomic E-state index is 5.89. The third-order valence-corrected chi connectivity index (χ3v) is 8.26. The van der Waals surface area contributed by atoms with Gasteiger partial charge in [0, 0.05) is 83.7 Å². The lowest BCUT2D eigenvalue weighted by Crippen LogP contribution is -2.09. The van der Waals surface area contributed by atoms with Crippen LogP contribution in [0, 0.1) is 0 Å². The van der Waals surface area contributed by atoms with Crippen LogP contribution >= 0.6 is 0 Å². The van der Waals surface area contributed by atoms with Crippen LogP contribution in [0.4, 0.5) is 0 Å².